The van der Waals surface area contributed by atoms with E-state index in [-0.39, 0.29) is 33.0 Å². The average Bonchev–Trinajstić information content (AvgIpc) is 3.56. The number of Topliss-reactive ketones (excluding diaryl/α,β-unsaturated/α-hetero) is 1. The lowest BCUT2D eigenvalue weighted by molar-refractivity contribution is -0.113. The Kier molecular flexibility index (Phi) is 8.14. The van der Waals surface area contributed by atoms with E-state index in [4.69, 9.17) is 0 Å². The number of hydrogen-bond acceptors (Lipinski definition) is 9. The van der Waals surface area contributed by atoms with Crippen molar-refractivity contribution in [1.29, 1.82) is 0 Å². The number of anilines is 2. The minimum Gasteiger partial charge on any atom is -0.325 e. The molecule has 10 nitrogen and oxygen atoms in total. The van der Waals surface area contributed by atoms with Gasteiger partial charge in [-0.25, -0.2) is 8.42 Å². The van der Waals surface area contributed by atoms with E-state index in [0.717, 1.165) is 24.2 Å². The third-order valence-electron chi connectivity index (χ3n) is 5.35. The van der Waals surface area contributed by atoms with Crippen molar-refractivity contribution >= 4 is 61.5 Å². The second-order valence-electron chi connectivity index (χ2n) is 7.93. The fraction of sp³-hybridized carbons (Fsp3) is 0.261. The first kappa shape index (κ1) is 25.9. The molecule has 0 saturated carbocycles. The highest BCUT2D eigenvalue weighted by Gasteiger charge is 2.27. The average molecular weight is 546 g/mol. The number of carbonyl (C=O) groups excluding carboxylic acids is 3. The van der Waals surface area contributed by atoms with Crippen molar-refractivity contribution < 1.29 is 22.8 Å². The number of sulfonamides is 1. The van der Waals surface area contributed by atoms with Crippen LogP contribution in [0.3, 0.4) is 0 Å². The summed E-state index contributed by atoms with van der Waals surface area (Å²) in [5, 5.41) is 13.5. The molecular formula is C23H23N5O5S3. The zero-order chi connectivity index (χ0) is 25.7. The Balaban J connectivity index is 1.28. The number of carbonyl (C=O) groups is 3. The minimum absolute atomic E-state index is 0.0509. The molecular weight excluding hydrogens is 522 g/mol. The number of thioether (sulfide) groups is 1. The van der Waals surface area contributed by atoms with Gasteiger partial charge in [-0.15, -0.1) is 10.2 Å². The first-order valence-electron chi connectivity index (χ1n) is 11.0. The van der Waals surface area contributed by atoms with E-state index >= 15 is 0 Å². The van der Waals surface area contributed by atoms with E-state index in [9.17, 15) is 22.8 Å². The molecule has 0 atom stereocenters. The third kappa shape index (κ3) is 6.35. The number of aromatic nitrogens is 2. The summed E-state index contributed by atoms with van der Waals surface area (Å²) in [6.45, 7) is 2.50. The van der Waals surface area contributed by atoms with Crippen LogP contribution in [0.1, 0.15) is 40.5 Å². The van der Waals surface area contributed by atoms with E-state index < -0.39 is 15.9 Å². The van der Waals surface area contributed by atoms with Crippen molar-refractivity contribution in [2.75, 3.05) is 29.5 Å². The normalized spacial score (nSPS) is 13.9. The lowest BCUT2D eigenvalue weighted by Crippen LogP contribution is -2.27. The summed E-state index contributed by atoms with van der Waals surface area (Å²) in [4.78, 5) is 36.2. The number of benzene rings is 2. The Labute approximate surface area is 216 Å². The number of hydrogen-bond donors (Lipinski definition) is 2. The summed E-state index contributed by atoms with van der Waals surface area (Å²) in [5.41, 5.74) is 1.43. The lowest BCUT2D eigenvalue weighted by atomic mass is 10.1. The van der Waals surface area contributed by atoms with E-state index in [0.29, 0.717) is 28.7 Å². The SMILES string of the molecule is CC(=O)c1ccc(NC(=O)CSc2nnc(NC(=O)c3ccc(S(=O)(=O)N4CCCC4)cc3)s2)cc1. The van der Waals surface area contributed by atoms with E-state index in [2.05, 4.69) is 20.8 Å². The van der Waals surface area contributed by atoms with Crippen LogP contribution in [0.2, 0.25) is 0 Å². The van der Waals surface area contributed by atoms with Crippen molar-refractivity contribution in [2.24, 2.45) is 0 Å². The maximum Gasteiger partial charge on any atom is 0.257 e. The Bertz CT molecular complexity index is 1370. The van der Waals surface area contributed by atoms with Crippen LogP contribution in [0.15, 0.2) is 57.8 Å². The number of rotatable bonds is 9. The number of amides is 2. The van der Waals surface area contributed by atoms with Crippen LogP contribution < -0.4 is 10.6 Å². The molecule has 188 valence electrons. The highest BCUT2D eigenvalue weighted by atomic mass is 32.2. The molecule has 2 amide bonds. The molecule has 0 aliphatic carbocycles. The Morgan fingerprint density at radius 2 is 1.58 bits per heavy atom. The number of nitrogens with one attached hydrogen (secondary N) is 2. The summed E-state index contributed by atoms with van der Waals surface area (Å²) < 4.78 is 27.2. The fourth-order valence-electron chi connectivity index (χ4n) is 3.46. The van der Waals surface area contributed by atoms with Crippen LogP contribution in [-0.4, -0.2) is 59.4 Å². The van der Waals surface area contributed by atoms with Crippen molar-refractivity contribution in [3.05, 3.63) is 59.7 Å². The Morgan fingerprint density at radius 1 is 0.944 bits per heavy atom. The van der Waals surface area contributed by atoms with E-state index in [1.54, 1.807) is 24.3 Å². The lowest BCUT2D eigenvalue weighted by Gasteiger charge is -2.15. The molecule has 1 saturated heterocycles. The van der Waals surface area contributed by atoms with E-state index in [1.165, 1.54) is 47.3 Å². The fourth-order valence-corrected chi connectivity index (χ4v) is 6.52. The van der Waals surface area contributed by atoms with Gasteiger partial charge in [0.05, 0.1) is 10.6 Å². The molecule has 0 unspecified atom stereocenters. The van der Waals surface area contributed by atoms with Gasteiger partial charge in [0, 0.05) is 29.9 Å². The van der Waals surface area contributed by atoms with Crippen molar-refractivity contribution in [2.45, 2.75) is 29.0 Å². The molecule has 0 radical (unpaired) electrons. The molecule has 4 rings (SSSR count). The first-order chi connectivity index (χ1) is 17.2. The smallest absolute Gasteiger partial charge is 0.257 e. The molecule has 1 aliphatic rings. The zero-order valence-corrected chi connectivity index (χ0v) is 21.7. The van der Waals surface area contributed by atoms with Gasteiger partial charge in [0.25, 0.3) is 5.91 Å². The van der Waals surface area contributed by atoms with Gasteiger partial charge >= 0.3 is 0 Å². The molecule has 3 aromatic rings. The Hall–Kier alpha value is -3.13. The highest BCUT2D eigenvalue weighted by molar-refractivity contribution is 8.01. The monoisotopic (exact) mass is 545 g/mol. The molecule has 2 heterocycles. The van der Waals surface area contributed by atoms with Gasteiger partial charge in [0.2, 0.25) is 21.1 Å². The van der Waals surface area contributed by atoms with Gasteiger partial charge in [0.15, 0.2) is 10.1 Å². The predicted octanol–water partition coefficient (Wildman–Crippen LogP) is 3.51. The summed E-state index contributed by atoms with van der Waals surface area (Å²) >= 11 is 2.29. The molecule has 36 heavy (non-hydrogen) atoms. The minimum atomic E-state index is -3.54. The maximum atomic E-state index is 12.6. The maximum absolute atomic E-state index is 12.6. The van der Waals surface area contributed by atoms with Crippen LogP contribution in [0, 0.1) is 0 Å². The number of nitrogens with zero attached hydrogens (tertiary/aromatic N) is 3. The van der Waals surface area contributed by atoms with Gasteiger partial charge in [-0.3, -0.25) is 19.7 Å². The standard InChI is InChI=1S/C23H23N5O5S3/c1-15(29)16-4-8-18(9-5-16)24-20(30)14-34-23-27-26-22(35-23)25-21(31)17-6-10-19(11-7-17)36(32,33)28-12-2-3-13-28/h4-11H,2-3,12-14H2,1H3,(H,24,30)(H,25,26,31). The molecule has 2 N–H and O–H groups in total. The van der Waals surface area contributed by atoms with Crippen LogP contribution in [0.25, 0.3) is 0 Å². The van der Waals surface area contributed by atoms with Gasteiger partial charge in [0.1, 0.15) is 0 Å². The van der Waals surface area contributed by atoms with Crippen LogP contribution in [0.4, 0.5) is 10.8 Å². The quantitative estimate of drug-likeness (QED) is 0.237. The van der Waals surface area contributed by atoms with Gasteiger partial charge in [-0.1, -0.05) is 23.1 Å². The van der Waals surface area contributed by atoms with Crippen LogP contribution in [-0.2, 0) is 14.8 Å². The molecule has 1 aromatic heterocycles. The molecule has 13 heteroatoms. The van der Waals surface area contributed by atoms with Gasteiger partial charge < -0.3 is 5.32 Å². The highest BCUT2D eigenvalue weighted by Crippen LogP contribution is 2.26. The third-order valence-corrected chi connectivity index (χ3v) is 9.23. The van der Waals surface area contributed by atoms with Crippen molar-refractivity contribution in [3.63, 3.8) is 0 Å². The molecule has 1 fully saturated rings. The second kappa shape index (κ2) is 11.3. The predicted molar refractivity (Wildman–Crippen MR) is 138 cm³/mol. The molecule has 2 aromatic carbocycles. The van der Waals surface area contributed by atoms with Gasteiger partial charge in [-0.05, 0) is 68.3 Å². The molecule has 0 bridgehead atoms. The van der Waals surface area contributed by atoms with Crippen LogP contribution in [0.5, 0.6) is 0 Å². The summed E-state index contributed by atoms with van der Waals surface area (Å²) in [6, 6.07) is 12.4. The first-order valence-corrected chi connectivity index (χ1v) is 14.3. The zero-order valence-electron chi connectivity index (χ0n) is 19.3. The topological polar surface area (TPSA) is 138 Å². The molecule has 1 aliphatic heterocycles. The van der Waals surface area contributed by atoms with Crippen molar-refractivity contribution in [3.8, 4) is 0 Å². The van der Waals surface area contributed by atoms with Crippen molar-refractivity contribution in [1.82, 2.24) is 14.5 Å². The second-order valence-corrected chi connectivity index (χ2v) is 12.1. The Morgan fingerprint density at radius 3 is 2.22 bits per heavy atom. The summed E-state index contributed by atoms with van der Waals surface area (Å²) in [5.74, 6) is -0.658. The van der Waals surface area contributed by atoms with Gasteiger partial charge in [-0.2, -0.15) is 4.31 Å². The summed E-state index contributed by atoms with van der Waals surface area (Å²) in [6.07, 6.45) is 1.70. The largest absolute Gasteiger partial charge is 0.325 e. The summed E-state index contributed by atoms with van der Waals surface area (Å²) in [7, 11) is -3.54. The number of ketones is 1. The molecule has 0 spiro atoms. The van der Waals surface area contributed by atoms with E-state index in [1.807, 2.05) is 0 Å². The van der Waals surface area contributed by atoms with Crippen LogP contribution >= 0.6 is 23.1 Å².